The van der Waals surface area contributed by atoms with Gasteiger partial charge in [-0.1, -0.05) is 12.1 Å². The van der Waals surface area contributed by atoms with Crippen LogP contribution in [0.2, 0.25) is 0 Å². The van der Waals surface area contributed by atoms with Gasteiger partial charge in [-0.15, -0.1) is 11.8 Å². The number of thioether (sulfide) groups is 1. The molecule has 4 rings (SSSR count). The Morgan fingerprint density at radius 1 is 1.12 bits per heavy atom. The fourth-order valence-corrected chi connectivity index (χ4v) is 4.46. The minimum absolute atomic E-state index is 0.0708. The lowest BCUT2D eigenvalue weighted by atomic mass is 10.2. The summed E-state index contributed by atoms with van der Waals surface area (Å²) in [7, 11) is 1.44. The Kier molecular flexibility index (Phi) is 6.31. The lowest BCUT2D eigenvalue weighted by Crippen LogP contribution is -2.26. The third-order valence-electron chi connectivity index (χ3n) is 4.88. The first-order valence-electron chi connectivity index (χ1n) is 9.85. The van der Waals surface area contributed by atoms with Crippen LogP contribution in [-0.4, -0.2) is 60.7 Å². The van der Waals surface area contributed by atoms with E-state index in [0.717, 1.165) is 16.7 Å². The molecule has 0 aromatic heterocycles. The predicted molar refractivity (Wildman–Crippen MR) is 115 cm³/mol. The fraction of sp³-hybridized carbons (Fsp3) is 0.273. The number of carbonyl (C=O) groups excluding carboxylic acids is 4. The fourth-order valence-electron chi connectivity index (χ4n) is 3.23. The van der Waals surface area contributed by atoms with E-state index in [4.69, 9.17) is 14.2 Å². The van der Waals surface area contributed by atoms with E-state index in [1.807, 2.05) is 0 Å². The number of fused-ring (bicyclic) bond motifs is 1. The molecule has 2 aromatic rings. The first-order chi connectivity index (χ1) is 15.4. The number of likely N-dealkylation sites (tertiary alicyclic amines) is 1. The standard InChI is InChI=1S/C22H20N2O7S/c1-24-20(26)11-18(21(24)27)32-17-5-3-2-4-14(17)22(28)31-12-19(25)23-13-6-7-15-16(10-13)30-9-8-29-15/h2-7,10,18H,8-9,11-12H2,1H3,(H,23,25). The molecule has 0 saturated carbocycles. The Morgan fingerprint density at radius 3 is 2.62 bits per heavy atom. The molecular weight excluding hydrogens is 436 g/mol. The van der Waals surface area contributed by atoms with Crippen molar-refractivity contribution in [1.29, 1.82) is 0 Å². The molecule has 0 bridgehead atoms. The van der Waals surface area contributed by atoms with Gasteiger partial charge in [0, 0.05) is 30.1 Å². The van der Waals surface area contributed by atoms with E-state index in [9.17, 15) is 19.2 Å². The highest BCUT2D eigenvalue weighted by Crippen LogP contribution is 2.34. The van der Waals surface area contributed by atoms with Crippen LogP contribution in [0.25, 0.3) is 0 Å². The summed E-state index contributed by atoms with van der Waals surface area (Å²) in [6, 6.07) is 11.6. The summed E-state index contributed by atoms with van der Waals surface area (Å²) in [6.07, 6.45) is 0.0708. The third kappa shape index (κ3) is 4.70. The molecule has 166 valence electrons. The second-order valence-corrected chi connectivity index (χ2v) is 8.33. The smallest absolute Gasteiger partial charge is 0.339 e. The van der Waals surface area contributed by atoms with Crippen molar-refractivity contribution in [3.63, 3.8) is 0 Å². The zero-order chi connectivity index (χ0) is 22.7. The van der Waals surface area contributed by atoms with E-state index < -0.39 is 23.7 Å². The summed E-state index contributed by atoms with van der Waals surface area (Å²) in [5.74, 6) is -0.648. The number of esters is 1. The first-order valence-corrected chi connectivity index (χ1v) is 10.7. The van der Waals surface area contributed by atoms with Gasteiger partial charge in [0.2, 0.25) is 11.8 Å². The monoisotopic (exact) mass is 456 g/mol. The van der Waals surface area contributed by atoms with Gasteiger partial charge in [0.25, 0.3) is 5.91 Å². The van der Waals surface area contributed by atoms with Crippen molar-refractivity contribution in [3.05, 3.63) is 48.0 Å². The Morgan fingerprint density at radius 2 is 1.88 bits per heavy atom. The quantitative estimate of drug-likeness (QED) is 0.520. The minimum atomic E-state index is -0.699. The molecular formula is C22H20N2O7S. The van der Waals surface area contributed by atoms with Crippen LogP contribution in [0.15, 0.2) is 47.4 Å². The highest BCUT2D eigenvalue weighted by Gasteiger charge is 2.37. The molecule has 3 amide bonds. The van der Waals surface area contributed by atoms with Crippen molar-refractivity contribution >= 4 is 41.1 Å². The summed E-state index contributed by atoms with van der Waals surface area (Å²) >= 11 is 1.13. The summed E-state index contributed by atoms with van der Waals surface area (Å²) in [5, 5.41) is 2.05. The minimum Gasteiger partial charge on any atom is -0.486 e. The van der Waals surface area contributed by atoms with Crippen LogP contribution in [0.5, 0.6) is 11.5 Å². The van der Waals surface area contributed by atoms with Crippen molar-refractivity contribution in [3.8, 4) is 11.5 Å². The van der Waals surface area contributed by atoms with Crippen LogP contribution >= 0.6 is 11.8 Å². The lowest BCUT2D eigenvalue weighted by Gasteiger charge is -2.19. The average molecular weight is 456 g/mol. The second kappa shape index (κ2) is 9.31. The highest BCUT2D eigenvalue weighted by atomic mass is 32.2. The molecule has 0 aliphatic carbocycles. The zero-order valence-electron chi connectivity index (χ0n) is 17.2. The van der Waals surface area contributed by atoms with Crippen LogP contribution < -0.4 is 14.8 Å². The number of ether oxygens (including phenoxy) is 3. The number of hydrogen-bond acceptors (Lipinski definition) is 8. The molecule has 1 atom stereocenters. The summed E-state index contributed by atoms with van der Waals surface area (Å²) in [5.41, 5.74) is 0.708. The molecule has 10 heteroatoms. The van der Waals surface area contributed by atoms with Gasteiger partial charge in [-0.25, -0.2) is 4.79 Å². The van der Waals surface area contributed by atoms with Crippen LogP contribution in [0, 0.1) is 0 Å². The number of benzene rings is 2. The number of hydrogen-bond donors (Lipinski definition) is 1. The Hall–Kier alpha value is -3.53. The number of amides is 3. The van der Waals surface area contributed by atoms with Gasteiger partial charge in [0.1, 0.15) is 13.2 Å². The van der Waals surface area contributed by atoms with E-state index >= 15 is 0 Å². The molecule has 9 nitrogen and oxygen atoms in total. The largest absolute Gasteiger partial charge is 0.486 e. The van der Waals surface area contributed by atoms with Gasteiger partial charge < -0.3 is 19.5 Å². The van der Waals surface area contributed by atoms with E-state index in [1.165, 1.54) is 7.05 Å². The van der Waals surface area contributed by atoms with E-state index in [1.54, 1.807) is 42.5 Å². The summed E-state index contributed by atoms with van der Waals surface area (Å²) < 4.78 is 16.1. The number of imide groups is 1. The number of rotatable bonds is 6. The molecule has 2 aromatic carbocycles. The Balaban J connectivity index is 1.36. The van der Waals surface area contributed by atoms with Crippen LogP contribution in [0.3, 0.4) is 0 Å². The molecule has 32 heavy (non-hydrogen) atoms. The maximum atomic E-state index is 12.6. The maximum Gasteiger partial charge on any atom is 0.339 e. The molecule has 2 aliphatic rings. The molecule has 1 saturated heterocycles. The van der Waals surface area contributed by atoms with Crippen molar-refractivity contribution in [2.45, 2.75) is 16.6 Å². The van der Waals surface area contributed by atoms with Gasteiger partial charge in [0.05, 0.1) is 10.8 Å². The third-order valence-corrected chi connectivity index (χ3v) is 6.14. The number of nitrogens with zero attached hydrogens (tertiary/aromatic N) is 1. The number of nitrogens with one attached hydrogen (secondary N) is 1. The highest BCUT2D eigenvalue weighted by molar-refractivity contribution is 8.00. The average Bonchev–Trinajstić information content (AvgIpc) is 3.04. The molecule has 0 spiro atoms. The number of carbonyl (C=O) groups is 4. The second-order valence-electron chi connectivity index (χ2n) is 7.08. The van der Waals surface area contributed by atoms with Gasteiger partial charge in [-0.3, -0.25) is 19.3 Å². The van der Waals surface area contributed by atoms with Crippen molar-refractivity contribution in [2.75, 3.05) is 32.2 Å². The van der Waals surface area contributed by atoms with Crippen molar-refractivity contribution in [1.82, 2.24) is 4.90 Å². The molecule has 0 radical (unpaired) electrons. The summed E-state index contributed by atoms with van der Waals surface area (Å²) in [6.45, 7) is 0.405. The molecule has 1 unspecified atom stereocenters. The normalized spacial score (nSPS) is 17.3. The SMILES string of the molecule is CN1C(=O)CC(Sc2ccccc2C(=O)OCC(=O)Nc2ccc3c(c2)OCCO3)C1=O. The number of anilines is 1. The predicted octanol–water partition coefficient (Wildman–Crippen LogP) is 2.10. The van der Waals surface area contributed by atoms with Crippen LogP contribution in [0.4, 0.5) is 5.69 Å². The van der Waals surface area contributed by atoms with Crippen molar-refractivity contribution < 1.29 is 33.4 Å². The maximum absolute atomic E-state index is 12.6. The van der Waals surface area contributed by atoms with Crippen LogP contribution in [-0.2, 0) is 19.1 Å². The van der Waals surface area contributed by atoms with E-state index in [-0.39, 0.29) is 23.8 Å². The molecule has 2 aliphatic heterocycles. The van der Waals surface area contributed by atoms with Crippen LogP contribution in [0.1, 0.15) is 16.8 Å². The van der Waals surface area contributed by atoms with E-state index in [2.05, 4.69) is 5.32 Å². The van der Waals surface area contributed by atoms with E-state index in [0.29, 0.717) is 35.3 Å². The first kappa shape index (κ1) is 21.7. The molecule has 2 heterocycles. The topological polar surface area (TPSA) is 111 Å². The van der Waals surface area contributed by atoms with Gasteiger partial charge in [-0.2, -0.15) is 0 Å². The molecule has 1 N–H and O–H groups in total. The van der Waals surface area contributed by atoms with Gasteiger partial charge in [-0.05, 0) is 24.3 Å². The van der Waals surface area contributed by atoms with Gasteiger partial charge >= 0.3 is 5.97 Å². The summed E-state index contributed by atoms with van der Waals surface area (Å²) in [4.78, 5) is 50.3. The van der Waals surface area contributed by atoms with Crippen molar-refractivity contribution in [2.24, 2.45) is 0 Å². The lowest BCUT2D eigenvalue weighted by molar-refractivity contribution is -0.136. The Labute approximate surface area is 188 Å². The van der Waals surface area contributed by atoms with Gasteiger partial charge in [0.15, 0.2) is 18.1 Å². The molecule has 1 fully saturated rings. The Bertz CT molecular complexity index is 1090. The zero-order valence-corrected chi connectivity index (χ0v) is 18.0.